The SMILES string of the molecule is CC(C)CCO[P@@](=O)(c1ccc(N(C)C)cc1)[C@H](O)c1ccccc1F. The van der Waals surface area contributed by atoms with Crippen molar-refractivity contribution in [3.05, 3.63) is 59.9 Å². The number of nitrogens with zero attached hydrogens (tertiary/aromatic N) is 1. The first kappa shape index (κ1) is 20.6. The second-order valence-electron chi connectivity index (χ2n) is 6.92. The third-order valence-electron chi connectivity index (χ3n) is 4.21. The fourth-order valence-corrected chi connectivity index (χ4v) is 4.63. The Morgan fingerprint density at radius 2 is 1.73 bits per heavy atom. The average Bonchev–Trinajstić information content (AvgIpc) is 2.61. The molecule has 142 valence electrons. The molecule has 0 radical (unpaired) electrons. The highest BCUT2D eigenvalue weighted by molar-refractivity contribution is 7.67. The lowest BCUT2D eigenvalue weighted by Gasteiger charge is -2.25. The minimum Gasteiger partial charge on any atom is -0.378 e. The number of hydrogen-bond acceptors (Lipinski definition) is 4. The molecule has 4 nitrogen and oxygen atoms in total. The van der Waals surface area contributed by atoms with Crippen molar-refractivity contribution < 1.29 is 18.6 Å². The van der Waals surface area contributed by atoms with E-state index < -0.39 is 19.0 Å². The van der Waals surface area contributed by atoms with E-state index >= 15 is 0 Å². The molecule has 0 spiro atoms. The number of hydrogen-bond donors (Lipinski definition) is 1. The van der Waals surface area contributed by atoms with E-state index in [0.717, 1.165) is 5.69 Å². The minimum atomic E-state index is -3.72. The summed E-state index contributed by atoms with van der Waals surface area (Å²) in [6.45, 7) is 4.30. The largest absolute Gasteiger partial charge is 0.378 e. The number of halogens is 1. The maximum atomic E-state index is 14.2. The van der Waals surface area contributed by atoms with Gasteiger partial charge in [0, 0.05) is 30.7 Å². The zero-order valence-electron chi connectivity index (χ0n) is 15.7. The van der Waals surface area contributed by atoms with E-state index in [0.29, 0.717) is 17.6 Å². The molecule has 26 heavy (non-hydrogen) atoms. The molecule has 0 aliphatic heterocycles. The van der Waals surface area contributed by atoms with Crippen molar-refractivity contribution in [3.8, 4) is 0 Å². The lowest BCUT2D eigenvalue weighted by atomic mass is 10.2. The molecular formula is C20H27FNO3P. The van der Waals surface area contributed by atoms with Crippen molar-refractivity contribution in [2.24, 2.45) is 5.92 Å². The molecule has 0 saturated heterocycles. The summed E-state index contributed by atoms with van der Waals surface area (Å²) in [5.74, 6) is -1.79. The van der Waals surface area contributed by atoms with E-state index in [4.69, 9.17) is 4.52 Å². The predicted octanol–water partition coefficient (Wildman–Crippen LogP) is 4.55. The van der Waals surface area contributed by atoms with Crippen LogP contribution in [0.5, 0.6) is 0 Å². The monoisotopic (exact) mass is 379 g/mol. The van der Waals surface area contributed by atoms with Gasteiger partial charge in [0.15, 0.2) is 5.85 Å². The van der Waals surface area contributed by atoms with Gasteiger partial charge in [0.05, 0.1) is 6.61 Å². The summed E-state index contributed by atoms with van der Waals surface area (Å²) in [6, 6.07) is 12.8. The van der Waals surface area contributed by atoms with Crippen molar-refractivity contribution in [2.45, 2.75) is 26.1 Å². The minimum absolute atomic E-state index is 0.0166. The van der Waals surface area contributed by atoms with E-state index in [9.17, 15) is 14.1 Å². The van der Waals surface area contributed by atoms with Gasteiger partial charge in [-0.3, -0.25) is 4.57 Å². The van der Waals surface area contributed by atoms with Crippen LogP contribution in [-0.4, -0.2) is 25.8 Å². The van der Waals surface area contributed by atoms with Gasteiger partial charge in [0.2, 0.25) is 0 Å². The molecule has 2 aromatic rings. The first-order valence-electron chi connectivity index (χ1n) is 8.70. The van der Waals surface area contributed by atoms with Crippen LogP contribution in [0.3, 0.4) is 0 Å². The van der Waals surface area contributed by atoms with E-state index in [1.165, 1.54) is 18.2 Å². The summed E-state index contributed by atoms with van der Waals surface area (Å²) < 4.78 is 33.6. The van der Waals surface area contributed by atoms with Crippen LogP contribution in [0.25, 0.3) is 0 Å². The van der Waals surface area contributed by atoms with Crippen LogP contribution in [0.1, 0.15) is 31.7 Å². The summed E-state index contributed by atoms with van der Waals surface area (Å²) in [6.07, 6.45) is 0.698. The van der Waals surface area contributed by atoms with Gasteiger partial charge in [-0.15, -0.1) is 0 Å². The van der Waals surface area contributed by atoms with Crippen LogP contribution in [0.15, 0.2) is 48.5 Å². The number of aliphatic hydroxyl groups is 1. The zero-order chi connectivity index (χ0) is 19.3. The fraction of sp³-hybridized carbons (Fsp3) is 0.400. The van der Waals surface area contributed by atoms with Gasteiger partial charge in [-0.05, 0) is 42.7 Å². The molecule has 2 atom stereocenters. The Hall–Kier alpha value is -1.68. The van der Waals surface area contributed by atoms with Gasteiger partial charge in [-0.2, -0.15) is 0 Å². The second-order valence-corrected chi connectivity index (χ2v) is 9.38. The number of benzene rings is 2. The van der Waals surface area contributed by atoms with Gasteiger partial charge < -0.3 is 14.5 Å². The molecule has 2 aromatic carbocycles. The Balaban J connectivity index is 2.41. The quantitative estimate of drug-likeness (QED) is 0.684. The molecular weight excluding hydrogens is 352 g/mol. The molecule has 0 aliphatic rings. The van der Waals surface area contributed by atoms with Gasteiger partial charge in [0.1, 0.15) is 5.82 Å². The molecule has 0 aliphatic carbocycles. The first-order chi connectivity index (χ1) is 12.3. The Morgan fingerprint density at radius 1 is 1.12 bits per heavy atom. The lowest BCUT2D eigenvalue weighted by Crippen LogP contribution is -2.17. The highest BCUT2D eigenvalue weighted by Crippen LogP contribution is 2.58. The van der Waals surface area contributed by atoms with E-state index in [-0.39, 0.29) is 12.2 Å². The van der Waals surface area contributed by atoms with Crippen molar-refractivity contribution in [3.63, 3.8) is 0 Å². The third-order valence-corrected chi connectivity index (χ3v) is 6.72. The summed E-state index contributed by atoms with van der Waals surface area (Å²) in [5.41, 5.74) is 0.917. The summed E-state index contributed by atoms with van der Waals surface area (Å²) in [5, 5.41) is 11.2. The molecule has 2 rings (SSSR count). The molecule has 0 heterocycles. The van der Waals surface area contributed by atoms with Crippen LogP contribution in [0.2, 0.25) is 0 Å². The number of aliphatic hydroxyl groups excluding tert-OH is 1. The van der Waals surface area contributed by atoms with E-state index in [1.54, 1.807) is 18.2 Å². The highest BCUT2D eigenvalue weighted by Gasteiger charge is 2.37. The molecule has 6 heteroatoms. The van der Waals surface area contributed by atoms with Crippen molar-refractivity contribution in [1.82, 2.24) is 0 Å². The van der Waals surface area contributed by atoms with Crippen LogP contribution in [0, 0.1) is 11.7 Å². The average molecular weight is 379 g/mol. The fourth-order valence-electron chi connectivity index (χ4n) is 2.54. The molecule has 0 fully saturated rings. The highest BCUT2D eigenvalue weighted by atomic mass is 31.2. The lowest BCUT2D eigenvalue weighted by molar-refractivity contribution is 0.205. The smallest absolute Gasteiger partial charge is 0.264 e. The normalized spacial score (nSPS) is 14.9. The van der Waals surface area contributed by atoms with E-state index in [1.807, 2.05) is 45.0 Å². The van der Waals surface area contributed by atoms with Gasteiger partial charge in [0.25, 0.3) is 7.37 Å². The second kappa shape index (κ2) is 8.81. The van der Waals surface area contributed by atoms with Crippen molar-refractivity contribution >= 4 is 18.4 Å². The number of anilines is 1. The van der Waals surface area contributed by atoms with Gasteiger partial charge in [-0.1, -0.05) is 32.0 Å². The van der Waals surface area contributed by atoms with Gasteiger partial charge in [-0.25, -0.2) is 4.39 Å². The Bertz CT molecular complexity index is 762. The van der Waals surface area contributed by atoms with Crippen LogP contribution in [0.4, 0.5) is 10.1 Å². The van der Waals surface area contributed by atoms with Crippen LogP contribution in [-0.2, 0) is 9.09 Å². The van der Waals surface area contributed by atoms with Crippen LogP contribution >= 0.6 is 7.37 Å². The predicted molar refractivity (Wildman–Crippen MR) is 105 cm³/mol. The maximum Gasteiger partial charge on any atom is 0.264 e. The molecule has 0 aromatic heterocycles. The summed E-state index contributed by atoms with van der Waals surface area (Å²) >= 11 is 0. The Morgan fingerprint density at radius 3 is 2.27 bits per heavy atom. The number of rotatable bonds is 8. The Kier molecular flexibility index (Phi) is 6.99. The summed E-state index contributed by atoms with van der Waals surface area (Å²) in [7, 11) is 0.0885. The first-order valence-corrected chi connectivity index (χ1v) is 10.4. The van der Waals surface area contributed by atoms with Crippen molar-refractivity contribution in [2.75, 3.05) is 25.6 Å². The zero-order valence-corrected chi connectivity index (χ0v) is 16.6. The summed E-state index contributed by atoms with van der Waals surface area (Å²) in [4.78, 5) is 1.92. The molecule has 0 saturated carbocycles. The van der Waals surface area contributed by atoms with Gasteiger partial charge >= 0.3 is 0 Å². The maximum absolute atomic E-state index is 14.2. The molecule has 1 N–H and O–H groups in total. The Labute approximate surface area is 155 Å². The third kappa shape index (κ3) is 4.73. The molecule has 0 bridgehead atoms. The van der Waals surface area contributed by atoms with Crippen LogP contribution < -0.4 is 10.2 Å². The molecule has 0 amide bonds. The van der Waals surface area contributed by atoms with E-state index in [2.05, 4.69) is 0 Å². The van der Waals surface area contributed by atoms with Crippen molar-refractivity contribution in [1.29, 1.82) is 0 Å². The standard InChI is InChI=1S/C20H27FNO3P/c1-15(2)13-14-25-26(24,17-11-9-16(10-12-17)22(3)4)20(23)18-7-5-6-8-19(18)21/h5-12,15,20,23H,13-14H2,1-4H3/t20-,26-/m0/s1. The molecule has 0 unspecified atom stereocenters. The topological polar surface area (TPSA) is 49.8 Å².